The summed E-state index contributed by atoms with van der Waals surface area (Å²) in [5, 5.41) is 12.1. The second kappa shape index (κ2) is 8.65. The third-order valence-corrected chi connectivity index (χ3v) is 7.54. The summed E-state index contributed by atoms with van der Waals surface area (Å²) < 4.78 is 28.8. The smallest absolute Gasteiger partial charge is 0.261 e. The number of phenols is 1. The van der Waals surface area contributed by atoms with E-state index >= 15 is 0 Å². The summed E-state index contributed by atoms with van der Waals surface area (Å²) in [5.74, 6) is 0.136. The first-order valence-electron chi connectivity index (χ1n) is 9.98. The molecule has 0 aromatic heterocycles. The first kappa shape index (κ1) is 21.3. The molecule has 4 aromatic carbocycles. The fraction of sp³-hybridized carbons (Fsp3) is 0.120. The van der Waals surface area contributed by atoms with Crippen molar-refractivity contribution in [3.63, 3.8) is 0 Å². The molecule has 0 aliphatic heterocycles. The molecule has 0 saturated carbocycles. The number of benzene rings is 4. The molecule has 31 heavy (non-hydrogen) atoms. The van der Waals surface area contributed by atoms with Crippen LogP contribution in [0.3, 0.4) is 0 Å². The molecule has 0 unspecified atom stereocenters. The van der Waals surface area contributed by atoms with Crippen molar-refractivity contribution >= 4 is 38.2 Å². The van der Waals surface area contributed by atoms with Crippen LogP contribution < -0.4 is 4.72 Å². The predicted octanol–water partition coefficient (Wildman–Crippen LogP) is 6.37. The predicted molar refractivity (Wildman–Crippen MR) is 128 cm³/mol. The maximum absolute atomic E-state index is 13.1. The summed E-state index contributed by atoms with van der Waals surface area (Å²) in [6, 6.07) is 23.8. The number of nitrogens with one attached hydrogen (secondary N) is 1. The van der Waals surface area contributed by atoms with Crippen molar-refractivity contribution in [3.8, 4) is 5.75 Å². The lowest BCUT2D eigenvalue weighted by Gasteiger charge is -2.15. The number of anilines is 1. The molecule has 0 heterocycles. The normalized spacial score (nSPS) is 11.5. The topological polar surface area (TPSA) is 66.4 Å². The molecule has 4 aromatic rings. The summed E-state index contributed by atoms with van der Waals surface area (Å²) in [7, 11) is -3.78. The molecule has 0 saturated heterocycles. The highest BCUT2D eigenvalue weighted by Gasteiger charge is 2.19. The zero-order valence-corrected chi connectivity index (χ0v) is 18.9. The highest BCUT2D eigenvalue weighted by molar-refractivity contribution is 7.99. The molecule has 0 bridgehead atoms. The molecule has 0 atom stereocenters. The summed E-state index contributed by atoms with van der Waals surface area (Å²) >= 11 is 1.39. The van der Waals surface area contributed by atoms with E-state index in [2.05, 4.69) is 4.72 Å². The van der Waals surface area contributed by atoms with Gasteiger partial charge in [0.15, 0.2) is 0 Å². The van der Waals surface area contributed by atoms with E-state index in [1.54, 1.807) is 30.3 Å². The third-order valence-electron chi connectivity index (χ3n) is 5.12. The first-order chi connectivity index (χ1) is 14.9. The Morgan fingerprint density at radius 3 is 2.19 bits per heavy atom. The SMILES string of the molecule is CCc1ccc(S(=O)(=O)Nc2cc(Sc3ccc(C)cc3)c(O)c3ccccc23)cc1. The van der Waals surface area contributed by atoms with Crippen LogP contribution in [-0.4, -0.2) is 13.5 Å². The van der Waals surface area contributed by atoms with Crippen LogP contribution >= 0.6 is 11.8 Å². The van der Waals surface area contributed by atoms with Gasteiger partial charge in [0.1, 0.15) is 5.75 Å². The second-order valence-corrected chi connectivity index (χ2v) is 10.1. The van der Waals surface area contributed by atoms with Gasteiger partial charge < -0.3 is 5.11 Å². The van der Waals surface area contributed by atoms with Gasteiger partial charge in [-0.15, -0.1) is 0 Å². The molecule has 4 nitrogen and oxygen atoms in total. The fourth-order valence-corrected chi connectivity index (χ4v) is 5.32. The summed E-state index contributed by atoms with van der Waals surface area (Å²) in [6.45, 7) is 4.04. The molecule has 2 N–H and O–H groups in total. The first-order valence-corrected chi connectivity index (χ1v) is 12.3. The lowest BCUT2D eigenvalue weighted by molar-refractivity contribution is 0.469. The van der Waals surface area contributed by atoms with Crippen molar-refractivity contribution in [2.75, 3.05) is 4.72 Å². The lowest BCUT2D eigenvalue weighted by atomic mass is 10.1. The summed E-state index contributed by atoms with van der Waals surface area (Å²) in [5.41, 5.74) is 2.66. The minimum atomic E-state index is -3.78. The van der Waals surface area contributed by atoms with Crippen LogP contribution in [0, 0.1) is 6.92 Å². The van der Waals surface area contributed by atoms with E-state index in [0.29, 0.717) is 21.4 Å². The number of aromatic hydroxyl groups is 1. The summed E-state index contributed by atoms with van der Waals surface area (Å²) in [6.07, 6.45) is 0.843. The van der Waals surface area contributed by atoms with E-state index in [-0.39, 0.29) is 10.6 Å². The third kappa shape index (κ3) is 4.55. The van der Waals surface area contributed by atoms with Crippen molar-refractivity contribution in [2.24, 2.45) is 0 Å². The molecule has 0 aliphatic carbocycles. The molecule has 158 valence electrons. The number of hydrogen-bond acceptors (Lipinski definition) is 4. The van der Waals surface area contributed by atoms with Crippen molar-refractivity contribution in [1.82, 2.24) is 0 Å². The molecule has 0 spiro atoms. The van der Waals surface area contributed by atoms with Crippen LogP contribution in [0.25, 0.3) is 10.8 Å². The maximum atomic E-state index is 13.1. The quantitative estimate of drug-likeness (QED) is 0.336. The molecular weight excluding hydrogens is 426 g/mol. The van der Waals surface area contributed by atoms with Gasteiger partial charge >= 0.3 is 0 Å². The van der Waals surface area contributed by atoms with Crippen LogP contribution in [0.2, 0.25) is 0 Å². The van der Waals surface area contributed by atoms with E-state index in [1.165, 1.54) is 11.8 Å². The number of fused-ring (bicyclic) bond motifs is 1. The molecular formula is C25H23NO3S2. The lowest BCUT2D eigenvalue weighted by Crippen LogP contribution is -2.13. The van der Waals surface area contributed by atoms with Gasteiger partial charge in [0.2, 0.25) is 0 Å². The number of rotatable bonds is 6. The average Bonchev–Trinajstić information content (AvgIpc) is 2.78. The van der Waals surface area contributed by atoms with Gasteiger partial charge in [0, 0.05) is 15.7 Å². The Labute approximate surface area is 187 Å². The molecule has 0 fully saturated rings. The van der Waals surface area contributed by atoms with Gasteiger partial charge in [-0.2, -0.15) is 0 Å². The number of phenolic OH excluding ortho intramolecular Hbond substituents is 1. The van der Waals surface area contributed by atoms with E-state index in [9.17, 15) is 13.5 Å². The standard InChI is InChI=1S/C25H23NO3S2/c1-3-18-10-14-20(15-11-18)31(28,29)26-23-16-24(30-19-12-8-17(2)9-13-19)25(27)22-7-5-4-6-21(22)23/h4-16,26-27H,3H2,1-2H3. The maximum Gasteiger partial charge on any atom is 0.261 e. The molecule has 4 rings (SSSR count). The van der Waals surface area contributed by atoms with E-state index in [4.69, 9.17) is 0 Å². The molecule has 0 amide bonds. The Bertz CT molecular complexity index is 1330. The van der Waals surface area contributed by atoms with Gasteiger partial charge in [0.05, 0.1) is 15.5 Å². The van der Waals surface area contributed by atoms with Crippen LogP contribution in [0.4, 0.5) is 5.69 Å². The number of aryl methyl sites for hydroxylation is 2. The Morgan fingerprint density at radius 1 is 0.903 bits per heavy atom. The van der Waals surface area contributed by atoms with Gasteiger partial charge in [-0.25, -0.2) is 8.42 Å². The Morgan fingerprint density at radius 2 is 1.55 bits per heavy atom. The van der Waals surface area contributed by atoms with Crippen molar-refractivity contribution in [3.05, 3.63) is 90.0 Å². The summed E-state index contributed by atoms with van der Waals surface area (Å²) in [4.78, 5) is 1.75. The van der Waals surface area contributed by atoms with E-state index in [0.717, 1.165) is 22.4 Å². The molecule has 0 radical (unpaired) electrons. The zero-order valence-electron chi connectivity index (χ0n) is 17.3. The van der Waals surface area contributed by atoms with Gasteiger partial charge in [-0.1, -0.05) is 72.8 Å². The number of hydrogen-bond donors (Lipinski definition) is 2. The van der Waals surface area contributed by atoms with E-state index < -0.39 is 10.0 Å². The second-order valence-electron chi connectivity index (χ2n) is 7.33. The van der Waals surface area contributed by atoms with Gasteiger partial charge in [-0.05, 0) is 49.2 Å². The van der Waals surface area contributed by atoms with Crippen molar-refractivity contribution in [1.29, 1.82) is 0 Å². The number of sulfonamides is 1. The van der Waals surface area contributed by atoms with E-state index in [1.807, 2.05) is 62.4 Å². The van der Waals surface area contributed by atoms with Crippen LogP contribution in [-0.2, 0) is 16.4 Å². The minimum absolute atomic E-state index is 0.136. The minimum Gasteiger partial charge on any atom is -0.506 e. The Hall–Kier alpha value is -2.96. The Balaban J connectivity index is 1.77. The fourth-order valence-electron chi connectivity index (χ4n) is 3.34. The highest BCUT2D eigenvalue weighted by Crippen LogP contribution is 2.43. The van der Waals surface area contributed by atoms with Gasteiger partial charge in [-0.3, -0.25) is 4.72 Å². The van der Waals surface area contributed by atoms with Gasteiger partial charge in [0.25, 0.3) is 10.0 Å². The molecule has 0 aliphatic rings. The van der Waals surface area contributed by atoms with Crippen LogP contribution in [0.5, 0.6) is 5.75 Å². The van der Waals surface area contributed by atoms with Crippen molar-refractivity contribution in [2.45, 2.75) is 35.0 Å². The molecule has 6 heteroatoms. The zero-order chi connectivity index (χ0) is 22.0. The highest BCUT2D eigenvalue weighted by atomic mass is 32.2. The van der Waals surface area contributed by atoms with Crippen LogP contribution in [0.1, 0.15) is 18.1 Å². The average molecular weight is 450 g/mol. The van der Waals surface area contributed by atoms with Crippen LogP contribution in [0.15, 0.2) is 93.5 Å². The monoisotopic (exact) mass is 449 g/mol. The largest absolute Gasteiger partial charge is 0.506 e. The van der Waals surface area contributed by atoms with Crippen molar-refractivity contribution < 1.29 is 13.5 Å². The Kier molecular flexibility index (Phi) is 5.94.